The highest BCUT2D eigenvalue weighted by molar-refractivity contribution is 5.91. The highest BCUT2D eigenvalue weighted by Gasteiger charge is 2.17. The van der Waals surface area contributed by atoms with Crippen LogP contribution >= 0.6 is 12.4 Å². The molecule has 0 saturated carbocycles. The topological polar surface area (TPSA) is 84.7 Å². The van der Waals surface area contributed by atoms with Crippen LogP contribution in [0.2, 0.25) is 0 Å². The molecule has 1 unspecified atom stereocenters. The number of methoxy groups -OCH3 is 1. The maximum absolute atomic E-state index is 12.0. The van der Waals surface area contributed by atoms with Crippen molar-refractivity contribution in [1.29, 1.82) is 0 Å². The molecule has 2 amide bonds. The number of aryl methyl sites for hydroxylation is 1. The molecule has 25 heavy (non-hydrogen) atoms. The maximum Gasteiger partial charge on any atom is 0.227 e. The Bertz CT molecular complexity index is 541. The summed E-state index contributed by atoms with van der Waals surface area (Å²) in [5.41, 5.74) is 7.34. The summed E-state index contributed by atoms with van der Waals surface area (Å²) in [6.07, 6.45) is 3.47. The normalized spacial score (nSPS) is 14.7. The molecule has 1 atom stereocenters. The second-order valence-electron chi connectivity index (χ2n) is 6.13. The van der Waals surface area contributed by atoms with Crippen molar-refractivity contribution in [3.8, 4) is 0 Å². The Hall–Kier alpha value is -1.63. The van der Waals surface area contributed by atoms with Gasteiger partial charge in [0.1, 0.15) is 0 Å². The molecule has 140 valence electrons. The van der Waals surface area contributed by atoms with E-state index in [1.165, 1.54) is 0 Å². The predicted octanol–water partition coefficient (Wildman–Crippen LogP) is 1.97. The van der Waals surface area contributed by atoms with Gasteiger partial charge in [-0.1, -0.05) is 12.1 Å². The van der Waals surface area contributed by atoms with Crippen molar-refractivity contribution < 1.29 is 14.3 Å². The number of nitrogens with one attached hydrogen (secondary N) is 1. The lowest BCUT2D eigenvalue weighted by atomic mass is 10.1. The number of rotatable bonds is 8. The minimum Gasteiger partial charge on any atom is -0.380 e. The summed E-state index contributed by atoms with van der Waals surface area (Å²) in [5, 5.41) is 2.83. The van der Waals surface area contributed by atoms with Gasteiger partial charge in [0.15, 0.2) is 0 Å². The van der Waals surface area contributed by atoms with Gasteiger partial charge in [0.25, 0.3) is 0 Å². The van der Waals surface area contributed by atoms with Crippen LogP contribution in [0.1, 0.15) is 31.2 Å². The first-order valence-electron chi connectivity index (χ1n) is 8.52. The van der Waals surface area contributed by atoms with Gasteiger partial charge in [0.2, 0.25) is 11.8 Å². The molecule has 1 aliphatic heterocycles. The van der Waals surface area contributed by atoms with Crippen LogP contribution in [0.25, 0.3) is 0 Å². The lowest BCUT2D eigenvalue weighted by Gasteiger charge is -2.15. The van der Waals surface area contributed by atoms with Crippen molar-refractivity contribution in [2.24, 2.45) is 5.73 Å². The van der Waals surface area contributed by atoms with E-state index >= 15 is 0 Å². The Morgan fingerprint density at radius 1 is 1.24 bits per heavy atom. The van der Waals surface area contributed by atoms with Crippen LogP contribution in [0.5, 0.6) is 0 Å². The minimum atomic E-state index is -0.263. The third-order valence-electron chi connectivity index (χ3n) is 4.33. The number of amides is 2. The quantitative estimate of drug-likeness (QED) is 0.733. The Balaban J connectivity index is 0.00000312. The summed E-state index contributed by atoms with van der Waals surface area (Å²) in [6.45, 7) is 2.11. The van der Waals surface area contributed by atoms with E-state index < -0.39 is 0 Å². The summed E-state index contributed by atoms with van der Waals surface area (Å²) >= 11 is 0. The van der Waals surface area contributed by atoms with Crippen molar-refractivity contribution >= 4 is 29.9 Å². The number of halogens is 1. The molecular formula is C18H28ClN3O3. The zero-order valence-corrected chi connectivity index (χ0v) is 15.5. The Kier molecular flexibility index (Phi) is 9.49. The number of hydrogen-bond donors (Lipinski definition) is 2. The van der Waals surface area contributed by atoms with Gasteiger partial charge < -0.3 is 20.7 Å². The summed E-state index contributed by atoms with van der Waals surface area (Å²) in [5.74, 6) is 0.113. The molecule has 1 aromatic carbocycles. The molecule has 1 saturated heterocycles. The molecule has 1 aromatic rings. The van der Waals surface area contributed by atoms with Crippen LogP contribution in [0.4, 0.5) is 5.69 Å². The second kappa shape index (κ2) is 11.1. The zero-order valence-electron chi connectivity index (χ0n) is 14.7. The molecule has 3 N–H and O–H groups in total. The molecule has 1 fully saturated rings. The predicted molar refractivity (Wildman–Crippen MR) is 101 cm³/mol. The minimum absolute atomic E-state index is 0. The molecule has 1 aliphatic rings. The SMILES string of the molecule is COC(CN)CC(=O)Nc1ccc(CCC(=O)N2CCCC2)cc1.Cl. The van der Waals surface area contributed by atoms with Gasteiger partial charge in [-0.2, -0.15) is 0 Å². The van der Waals surface area contributed by atoms with Crippen LogP contribution in [-0.2, 0) is 20.7 Å². The molecule has 2 rings (SSSR count). The van der Waals surface area contributed by atoms with Gasteiger partial charge >= 0.3 is 0 Å². The molecule has 0 bridgehead atoms. The van der Waals surface area contributed by atoms with E-state index in [1.54, 1.807) is 7.11 Å². The van der Waals surface area contributed by atoms with Gasteiger partial charge in [0.05, 0.1) is 12.5 Å². The fraction of sp³-hybridized carbons (Fsp3) is 0.556. The number of carbonyl (C=O) groups excluding carboxylic acids is 2. The third-order valence-corrected chi connectivity index (χ3v) is 4.33. The van der Waals surface area contributed by atoms with Crippen LogP contribution in [0.15, 0.2) is 24.3 Å². The zero-order chi connectivity index (χ0) is 17.4. The van der Waals surface area contributed by atoms with Crippen molar-refractivity contribution in [1.82, 2.24) is 4.90 Å². The van der Waals surface area contributed by atoms with E-state index in [-0.39, 0.29) is 36.7 Å². The van der Waals surface area contributed by atoms with Gasteiger partial charge in [0, 0.05) is 38.9 Å². The van der Waals surface area contributed by atoms with Crippen molar-refractivity contribution in [3.05, 3.63) is 29.8 Å². The number of ether oxygens (including phenoxy) is 1. The Morgan fingerprint density at radius 3 is 2.44 bits per heavy atom. The van der Waals surface area contributed by atoms with E-state index in [4.69, 9.17) is 10.5 Å². The number of hydrogen-bond acceptors (Lipinski definition) is 4. The van der Waals surface area contributed by atoms with Crippen molar-refractivity contribution in [2.45, 2.75) is 38.2 Å². The fourth-order valence-electron chi connectivity index (χ4n) is 2.81. The molecule has 0 aliphatic carbocycles. The maximum atomic E-state index is 12.0. The van der Waals surface area contributed by atoms with E-state index in [0.717, 1.165) is 43.6 Å². The second-order valence-corrected chi connectivity index (χ2v) is 6.13. The van der Waals surface area contributed by atoms with Gasteiger partial charge in [-0.15, -0.1) is 12.4 Å². The van der Waals surface area contributed by atoms with E-state index in [1.807, 2.05) is 29.2 Å². The summed E-state index contributed by atoms with van der Waals surface area (Å²) < 4.78 is 5.10. The van der Waals surface area contributed by atoms with Gasteiger partial charge in [-0.05, 0) is 37.0 Å². The number of nitrogens with two attached hydrogens (primary N) is 1. The van der Waals surface area contributed by atoms with E-state index in [0.29, 0.717) is 13.0 Å². The number of benzene rings is 1. The Labute approximate surface area is 155 Å². The molecule has 0 aromatic heterocycles. The smallest absolute Gasteiger partial charge is 0.227 e. The first-order chi connectivity index (χ1) is 11.6. The van der Waals surface area contributed by atoms with Crippen molar-refractivity contribution in [3.63, 3.8) is 0 Å². The number of carbonyl (C=O) groups is 2. The Morgan fingerprint density at radius 2 is 1.88 bits per heavy atom. The largest absolute Gasteiger partial charge is 0.380 e. The molecule has 6 nitrogen and oxygen atoms in total. The fourth-order valence-corrected chi connectivity index (χ4v) is 2.81. The standard InChI is InChI=1S/C18H27N3O3.ClH/c1-24-16(13-19)12-17(22)20-15-7-4-14(5-8-15)6-9-18(23)21-10-2-3-11-21;/h4-5,7-8,16H,2-3,6,9-13,19H2,1H3,(H,20,22);1H. The number of nitrogens with zero attached hydrogens (tertiary/aromatic N) is 1. The molecule has 0 spiro atoms. The average molecular weight is 370 g/mol. The van der Waals surface area contributed by atoms with Crippen LogP contribution in [0.3, 0.4) is 0 Å². The van der Waals surface area contributed by atoms with Gasteiger partial charge in [-0.25, -0.2) is 0 Å². The van der Waals surface area contributed by atoms with Crippen LogP contribution in [-0.4, -0.2) is 49.6 Å². The molecular weight excluding hydrogens is 342 g/mol. The lowest BCUT2D eigenvalue weighted by Crippen LogP contribution is -2.28. The molecule has 7 heteroatoms. The van der Waals surface area contributed by atoms with Crippen LogP contribution in [0, 0.1) is 0 Å². The number of anilines is 1. The molecule has 0 radical (unpaired) electrons. The monoisotopic (exact) mass is 369 g/mol. The number of likely N-dealkylation sites (tertiary alicyclic amines) is 1. The lowest BCUT2D eigenvalue weighted by molar-refractivity contribution is -0.130. The van der Waals surface area contributed by atoms with Crippen LogP contribution < -0.4 is 11.1 Å². The first kappa shape index (κ1) is 21.4. The highest BCUT2D eigenvalue weighted by atomic mass is 35.5. The first-order valence-corrected chi connectivity index (χ1v) is 8.52. The average Bonchev–Trinajstić information content (AvgIpc) is 3.13. The van der Waals surface area contributed by atoms with E-state index in [9.17, 15) is 9.59 Å². The molecule has 1 heterocycles. The van der Waals surface area contributed by atoms with E-state index in [2.05, 4.69) is 5.32 Å². The summed E-state index contributed by atoms with van der Waals surface area (Å²) in [7, 11) is 1.54. The summed E-state index contributed by atoms with van der Waals surface area (Å²) in [4.78, 5) is 25.9. The summed E-state index contributed by atoms with van der Waals surface area (Å²) in [6, 6.07) is 7.61. The van der Waals surface area contributed by atoms with Gasteiger partial charge in [-0.3, -0.25) is 9.59 Å². The van der Waals surface area contributed by atoms with Crippen molar-refractivity contribution in [2.75, 3.05) is 32.1 Å². The highest BCUT2D eigenvalue weighted by Crippen LogP contribution is 2.14. The third kappa shape index (κ3) is 7.02.